The van der Waals surface area contributed by atoms with Gasteiger partial charge in [-0.1, -0.05) is 42.5 Å². The van der Waals surface area contributed by atoms with Crippen LogP contribution >= 0.6 is 0 Å². The van der Waals surface area contributed by atoms with Crippen LogP contribution in [0.25, 0.3) is 38.3 Å². The van der Waals surface area contributed by atoms with Gasteiger partial charge in [-0.05, 0) is 59.7 Å². The Morgan fingerprint density at radius 2 is 1.42 bits per heavy atom. The maximum Gasteiger partial charge on any atom is 0.119 e. The second-order valence-corrected chi connectivity index (χ2v) is 6.67. The Kier molecular flexibility index (Phi) is 3.26. The van der Waals surface area contributed by atoms with Crippen LogP contribution in [0.15, 0.2) is 78.9 Å². The molecule has 0 aliphatic heterocycles. The van der Waals surface area contributed by atoms with Crippen LogP contribution in [0.3, 0.4) is 0 Å². The van der Waals surface area contributed by atoms with E-state index >= 15 is 0 Å². The van der Waals surface area contributed by atoms with Crippen molar-refractivity contribution < 1.29 is 4.74 Å². The lowest BCUT2D eigenvalue weighted by atomic mass is 10.00. The fourth-order valence-electron chi connectivity index (χ4n) is 4.05. The molecular weight excluding hydrogens is 318 g/mol. The number of methoxy groups -OCH3 is 1. The number of hydrogen-bond donors (Lipinski definition) is 0. The largest absolute Gasteiger partial charge is 0.497 e. The first-order valence-corrected chi connectivity index (χ1v) is 8.84. The van der Waals surface area contributed by atoms with Crippen LogP contribution in [0.1, 0.15) is 5.56 Å². The van der Waals surface area contributed by atoms with Crippen LogP contribution in [0.5, 0.6) is 5.75 Å². The smallest absolute Gasteiger partial charge is 0.119 e. The average molecular weight is 337 g/mol. The van der Waals surface area contributed by atoms with Gasteiger partial charge < -0.3 is 9.30 Å². The summed E-state index contributed by atoms with van der Waals surface area (Å²) in [6.07, 6.45) is 0. The van der Waals surface area contributed by atoms with Gasteiger partial charge >= 0.3 is 0 Å². The number of fused-ring (bicyclic) bond motifs is 4. The van der Waals surface area contributed by atoms with Crippen LogP contribution in [0, 0.1) is 6.92 Å². The zero-order valence-corrected chi connectivity index (χ0v) is 14.9. The Hall–Kier alpha value is -3.26. The van der Waals surface area contributed by atoms with Gasteiger partial charge in [0, 0.05) is 16.5 Å². The highest BCUT2D eigenvalue weighted by atomic mass is 16.5. The number of rotatable bonds is 2. The summed E-state index contributed by atoms with van der Waals surface area (Å²) in [6.45, 7) is 2.23. The molecule has 1 heterocycles. The molecule has 0 spiro atoms. The quantitative estimate of drug-likeness (QED) is 0.371. The van der Waals surface area contributed by atoms with Crippen LogP contribution in [0.4, 0.5) is 0 Å². The van der Waals surface area contributed by atoms with E-state index in [1.807, 2.05) is 12.1 Å². The molecule has 5 aromatic rings. The minimum absolute atomic E-state index is 0.871. The molecule has 2 nitrogen and oxygen atoms in total. The standard InChI is InChI=1S/C24H19NO/c1-16-20-8-4-3-7-17(20)15-23-24(16)21-9-5-6-10-22(21)25(23)18-11-13-19(26-2)14-12-18/h3-15H,1-2H3. The summed E-state index contributed by atoms with van der Waals surface area (Å²) in [5.41, 5.74) is 4.95. The molecule has 0 aliphatic carbocycles. The topological polar surface area (TPSA) is 14.2 Å². The van der Waals surface area contributed by atoms with Gasteiger partial charge in [-0.3, -0.25) is 0 Å². The van der Waals surface area contributed by atoms with E-state index in [1.54, 1.807) is 7.11 Å². The summed E-state index contributed by atoms with van der Waals surface area (Å²) in [5.74, 6) is 0.871. The van der Waals surface area contributed by atoms with E-state index in [1.165, 1.54) is 38.1 Å². The first kappa shape index (κ1) is 15.0. The van der Waals surface area contributed by atoms with E-state index in [2.05, 4.69) is 78.2 Å². The maximum absolute atomic E-state index is 5.33. The predicted octanol–water partition coefficient (Wildman–Crippen LogP) is 6.25. The maximum atomic E-state index is 5.33. The molecule has 0 bridgehead atoms. The molecule has 0 N–H and O–H groups in total. The van der Waals surface area contributed by atoms with Gasteiger partial charge in [0.1, 0.15) is 5.75 Å². The van der Waals surface area contributed by atoms with E-state index in [0.29, 0.717) is 0 Å². The molecule has 126 valence electrons. The third kappa shape index (κ3) is 2.05. The lowest BCUT2D eigenvalue weighted by Gasteiger charge is -2.10. The normalized spacial score (nSPS) is 11.5. The van der Waals surface area contributed by atoms with Crippen LogP contribution in [0.2, 0.25) is 0 Å². The molecule has 0 radical (unpaired) electrons. The summed E-state index contributed by atoms with van der Waals surface area (Å²) in [4.78, 5) is 0. The van der Waals surface area contributed by atoms with Crippen molar-refractivity contribution >= 4 is 32.6 Å². The molecular formula is C24H19NO. The van der Waals surface area contributed by atoms with Gasteiger partial charge in [0.15, 0.2) is 0 Å². The fourth-order valence-corrected chi connectivity index (χ4v) is 4.05. The molecule has 1 aromatic heterocycles. The van der Waals surface area contributed by atoms with Crippen molar-refractivity contribution in [1.82, 2.24) is 4.57 Å². The van der Waals surface area contributed by atoms with E-state index in [4.69, 9.17) is 4.74 Å². The molecule has 26 heavy (non-hydrogen) atoms. The summed E-state index contributed by atoms with van der Waals surface area (Å²) < 4.78 is 7.68. The zero-order valence-electron chi connectivity index (χ0n) is 14.9. The van der Waals surface area contributed by atoms with Crippen molar-refractivity contribution in [3.8, 4) is 11.4 Å². The minimum Gasteiger partial charge on any atom is -0.497 e. The van der Waals surface area contributed by atoms with Crippen molar-refractivity contribution in [3.63, 3.8) is 0 Å². The van der Waals surface area contributed by atoms with Gasteiger partial charge in [-0.25, -0.2) is 0 Å². The second kappa shape index (κ2) is 5.63. The molecule has 0 fully saturated rings. The highest BCUT2D eigenvalue weighted by Crippen LogP contribution is 2.37. The number of aromatic nitrogens is 1. The van der Waals surface area contributed by atoms with Gasteiger partial charge in [0.25, 0.3) is 0 Å². The minimum atomic E-state index is 0.871. The van der Waals surface area contributed by atoms with E-state index in [-0.39, 0.29) is 0 Å². The van der Waals surface area contributed by atoms with Gasteiger partial charge in [-0.2, -0.15) is 0 Å². The first-order valence-electron chi connectivity index (χ1n) is 8.84. The second-order valence-electron chi connectivity index (χ2n) is 6.67. The van der Waals surface area contributed by atoms with Crippen molar-refractivity contribution in [2.75, 3.05) is 7.11 Å². The van der Waals surface area contributed by atoms with E-state index in [9.17, 15) is 0 Å². The molecule has 4 aromatic carbocycles. The van der Waals surface area contributed by atoms with Crippen LogP contribution < -0.4 is 4.74 Å². The number of nitrogens with zero attached hydrogens (tertiary/aromatic N) is 1. The monoisotopic (exact) mass is 337 g/mol. The molecule has 0 amide bonds. The molecule has 0 saturated heterocycles. The van der Waals surface area contributed by atoms with Gasteiger partial charge in [-0.15, -0.1) is 0 Å². The molecule has 0 unspecified atom stereocenters. The lowest BCUT2D eigenvalue weighted by Crippen LogP contribution is -1.94. The van der Waals surface area contributed by atoms with Crippen LogP contribution in [-0.2, 0) is 0 Å². The highest BCUT2D eigenvalue weighted by Gasteiger charge is 2.15. The van der Waals surface area contributed by atoms with Gasteiger partial charge in [0.05, 0.1) is 18.1 Å². The Labute approximate surface area is 152 Å². The van der Waals surface area contributed by atoms with Crippen LogP contribution in [-0.4, -0.2) is 11.7 Å². The highest BCUT2D eigenvalue weighted by molar-refractivity contribution is 6.16. The number of hydrogen-bond acceptors (Lipinski definition) is 1. The number of aryl methyl sites for hydroxylation is 1. The number of benzene rings is 4. The summed E-state index contributed by atoms with van der Waals surface area (Å²) in [6, 6.07) is 27.9. The van der Waals surface area contributed by atoms with E-state index < -0.39 is 0 Å². The molecule has 2 heteroatoms. The summed E-state index contributed by atoms with van der Waals surface area (Å²) in [5, 5.41) is 5.21. The Balaban J connectivity index is 1.97. The lowest BCUT2D eigenvalue weighted by molar-refractivity contribution is 0.415. The molecule has 0 saturated carbocycles. The zero-order chi connectivity index (χ0) is 17.7. The van der Waals surface area contributed by atoms with Crippen molar-refractivity contribution in [2.45, 2.75) is 6.92 Å². The third-order valence-corrected chi connectivity index (χ3v) is 5.27. The van der Waals surface area contributed by atoms with Crippen molar-refractivity contribution in [1.29, 1.82) is 0 Å². The fraction of sp³-hybridized carbons (Fsp3) is 0.0833. The van der Waals surface area contributed by atoms with Crippen molar-refractivity contribution in [3.05, 3.63) is 84.4 Å². The van der Waals surface area contributed by atoms with E-state index in [0.717, 1.165) is 11.4 Å². The molecule has 0 atom stereocenters. The Bertz CT molecular complexity index is 1260. The Morgan fingerprint density at radius 1 is 0.731 bits per heavy atom. The first-order chi connectivity index (χ1) is 12.8. The number of para-hydroxylation sites is 1. The Morgan fingerprint density at radius 3 is 2.19 bits per heavy atom. The SMILES string of the molecule is COc1ccc(-n2c3ccccc3c3c(C)c4ccccc4cc32)cc1. The molecule has 0 aliphatic rings. The number of ether oxygens (including phenoxy) is 1. The molecule has 5 rings (SSSR count). The van der Waals surface area contributed by atoms with Gasteiger partial charge in [0.2, 0.25) is 0 Å². The third-order valence-electron chi connectivity index (χ3n) is 5.27. The predicted molar refractivity (Wildman–Crippen MR) is 110 cm³/mol. The van der Waals surface area contributed by atoms with Crippen molar-refractivity contribution in [2.24, 2.45) is 0 Å². The summed E-state index contributed by atoms with van der Waals surface area (Å²) in [7, 11) is 1.70. The average Bonchev–Trinajstić information content (AvgIpc) is 3.02. The summed E-state index contributed by atoms with van der Waals surface area (Å²) >= 11 is 0.